The first-order valence-electron chi connectivity index (χ1n) is 8.94. The average molecular weight is 409 g/mol. The maximum Gasteiger partial charge on any atom is 0.223 e. The molecule has 1 heterocycles. The van der Waals surface area contributed by atoms with Gasteiger partial charge in [-0.3, -0.25) is 0 Å². The van der Waals surface area contributed by atoms with Crippen molar-refractivity contribution in [2.75, 3.05) is 0 Å². The van der Waals surface area contributed by atoms with E-state index in [2.05, 4.69) is 4.98 Å². The van der Waals surface area contributed by atoms with Gasteiger partial charge in [-0.2, -0.15) is 0 Å². The molecule has 4 aromatic rings. The van der Waals surface area contributed by atoms with E-state index >= 15 is 0 Å². The van der Waals surface area contributed by atoms with Crippen molar-refractivity contribution in [3.05, 3.63) is 89.5 Å². The van der Waals surface area contributed by atoms with E-state index in [1.807, 2.05) is 13.8 Å². The number of pyridine rings is 1. The van der Waals surface area contributed by atoms with Gasteiger partial charge in [-0.05, 0) is 78.6 Å². The summed E-state index contributed by atoms with van der Waals surface area (Å²) in [6.07, 6.45) is 0. The molecule has 1 aromatic heterocycles. The molecule has 0 fully saturated rings. The van der Waals surface area contributed by atoms with E-state index in [0.717, 1.165) is 11.1 Å². The van der Waals surface area contributed by atoms with Crippen molar-refractivity contribution in [1.29, 1.82) is 0 Å². The van der Waals surface area contributed by atoms with E-state index in [-0.39, 0.29) is 15.4 Å². The summed E-state index contributed by atoms with van der Waals surface area (Å²) in [5.74, 6) is -0.982. The van der Waals surface area contributed by atoms with Crippen LogP contribution in [0.5, 0.6) is 0 Å². The molecule has 4 rings (SSSR count). The molecule has 146 valence electrons. The molecule has 0 N–H and O–H groups in total. The number of fused-ring (bicyclic) bond motifs is 1. The quantitative estimate of drug-likeness (QED) is 0.441. The summed E-state index contributed by atoms with van der Waals surface area (Å²) < 4.78 is 54.1. The average Bonchev–Trinajstić information content (AvgIpc) is 2.68. The molecule has 6 heteroatoms. The van der Waals surface area contributed by atoms with Crippen LogP contribution in [0.2, 0.25) is 0 Å². The van der Waals surface area contributed by atoms with Crippen LogP contribution in [0.1, 0.15) is 11.1 Å². The third-order valence-electron chi connectivity index (χ3n) is 4.95. The summed E-state index contributed by atoms with van der Waals surface area (Å²) in [7, 11) is -3.95. The molecule has 0 bridgehead atoms. The second-order valence-electron chi connectivity index (χ2n) is 6.93. The van der Waals surface area contributed by atoms with Crippen molar-refractivity contribution < 1.29 is 17.2 Å². The molecular formula is C23H17F2NO2S. The highest BCUT2D eigenvalue weighted by Gasteiger charge is 2.22. The highest BCUT2D eigenvalue weighted by molar-refractivity contribution is 7.91. The van der Waals surface area contributed by atoms with Crippen LogP contribution in [-0.4, -0.2) is 13.4 Å². The van der Waals surface area contributed by atoms with E-state index in [9.17, 15) is 17.2 Å². The number of sulfone groups is 1. The second kappa shape index (κ2) is 7.04. The van der Waals surface area contributed by atoms with Gasteiger partial charge in [-0.25, -0.2) is 22.2 Å². The Hall–Kier alpha value is -3.12. The Morgan fingerprint density at radius 2 is 1.55 bits per heavy atom. The van der Waals surface area contributed by atoms with Gasteiger partial charge >= 0.3 is 0 Å². The van der Waals surface area contributed by atoms with Crippen LogP contribution in [-0.2, 0) is 9.84 Å². The fourth-order valence-corrected chi connectivity index (χ4v) is 4.52. The number of aromatic nitrogens is 1. The van der Waals surface area contributed by atoms with E-state index in [1.165, 1.54) is 48.5 Å². The molecule has 0 saturated heterocycles. The minimum absolute atomic E-state index is 0.106. The number of hydrogen-bond donors (Lipinski definition) is 0. The summed E-state index contributed by atoms with van der Waals surface area (Å²) in [5.41, 5.74) is 2.95. The second-order valence-corrected chi connectivity index (χ2v) is 8.83. The lowest BCUT2D eigenvalue weighted by Crippen LogP contribution is -2.06. The first-order chi connectivity index (χ1) is 13.8. The number of aryl methyl sites for hydroxylation is 2. The molecule has 0 atom stereocenters. The summed E-state index contributed by atoms with van der Waals surface area (Å²) in [5, 5.41) is 0.328. The van der Waals surface area contributed by atoms with E-state index in [1.54, 1.807) is 18.2 Å². The summed E-state index contributed by atoms with van der Waals surface area (Å²) in [4.78, 5) is 4.33. The molecule has 3 aromatic carbocycles. The van der Waals surface area contributed by atoms with Crippen molar-refractivity contribution in [3.8, 4) is 11.1 Å². The predicted octanol–water partition coefficient (Wildman–Crippen LogP) is 5.63. The summed E-state index contributed by atoms with van der Waals surface area (Å²) in [6, 6.07) is 16.1. The maximum atomic E-state index is 13.8. The fraction of sp³-hybridized carbons (Fsp3) is 0.0870. The van der Waals surface area contributed by atoms with Gasteiger partial charge in [0, 0.05) is 11.5 Å². The van der Waals surface area contributed by atoms with Gasteiger partial charge in [0.1, 0.15) is 11.6 Å². The molecule has 29 heavy (non-hydrogen) atoms. The Morgan fingerprint density at radius 1 is 0.793 bits per heavy atom. The van der Waals surface area contributed by atoms with Crippen LogP contribution in [0.15, 0.2) is 76.7 Å². The monoisotopic (exact) mass is 409 g/mol. The van der Waals surface area contributed by atoms with Crippen LogP contribution in [0.3, 0.4) is 0 Å². The van der Waals surface area contributed by atoms with Crippen molar-refractivity contribution in [3.63, 3.8) is 0 Å². The Kier molecular flexibility index (Phi) is 4.67. The van der Waals surface area contributed by atoms with Crippen molar-refractivity contribution >= 4 is 20.7 Å². The van der Waals surface area contributed by atoms with Gasteiger partial charge in [0.05, 0.1) is 10.4 Å². The Balaban J connectivity index is 2.01. The zero-order valence-corrected chi connectivity index (χ0v) is 16.6. The number of benzene rings is 3. The molecular weight excluding hydrogens is 392 g/mol. The van der Waals surface area contributed by atoms with Crippen LogP contribution in [0.25, 0.3) is 22.0 Å². The Labute approximate surface area is 167 Å². The predicted molar refractivity (Wildman–Crippen MR) is 108 cm³/mol. The summed E-state index contributed by atoms with van der Waals surface area (Å²) >= 11 is 0. The van der Waals surface area contributed by atoms with E-state index < -0.39 is 21.5 Å². The number of halogens is 2. The van der Waals surface area contributed by atoms with Gasteiger partial charge in [0.2, 0.25) is 9.84 Å². The van der Waals surface area contributed by atoms with Gasteiger partial charge in [0.15, 0.2) is 5.03 Å². The molecule has 0 aliphatic heterocycles. The highest BCUT2D eigenvalue weighted by atomic mass is 32.2. The molecule has 0 spiro atoms. The summed E-state index contributed by atoms with van der Waals surface area (Å²) in [6.45, 7) is 3.72. The molecule has 3 nitrogen and oxygen atoms in total. The molecule has 0 amide bonds. The SMILES string of the molecule is Cc1ccc(S(=O)(=O)c2cc(-c3cccc(F)c3)c3ccc(F)cc3n2)cc1C. The zero-order chi connectivity index (χ0) is 20.8. The number of hydrogen-bond acceptors (Lipinski definition) is 3. The molecule has 0 aliphatic carbocycles. The lowest BCUT2D eigenvalue weighted by molar-refractivity contribution is 0.592. The van der Waals surface area contributed by atoms with Crippen molar-refractivity contribution in [2.45, 2.75) is 23.8 Å². The Bertz CT molecular complexity index is 1360. The fourth-order valence-electron chi connectivity index (χ4n) is 3.21. The lowest BCUT2D eigenvalue weighted by Gasteiger charge is -2.12. The Morgan fingerprint density at radius 3 is 2.28 bits per heavy atom. The van der Waals surface area contributed by atoms with Crippen molar-refractivity contribution in [2.24, 2.45) is 0 Å². The van der Waals surface area contributed by atoms with Gasteiger partial charge < -0.3 is 0 Å². The van der Waals surface area contributed by atoms with Crippen molar-refractivity contribution in [1.82, 2.24) is 4.98 Å². The topological polar surface area (TPSA) is 47.0 Å². The van der Waals surface area contributed by atoms with E-state index in [4.69, 9.17) is 0 Å². The van der Waals surface area contributed by atoms with Crippen LogP contribution in [0, 0.1) is 25.5 Å². The molecule has 0 radical (unpaired) electrons. The minimum atomic E-state index is -3.95. The third-order valence-corrected chi connectivity index (χ3v) is 6.58. The van der Waals surface area contributed by atoms with Gasteiger partial charge in [-0.15, -0.1) is 0 Å². The maximum absolute atomic E-state index is 13.8. The largest absolute Gasteiger partial charge is 0.236 e. The first kappa shape index (κ1) is 19.2. The normalized spacial score (nSPS) is 11.7. The standard InChI is InChI=1S/C23H17F2NO2S/c1-14-6-8-19(10-15(14)2)29(27,28)23-13-21(16-4-3-5-17(24)11-16)20-9-7-18(25)12-22(20)26-23/h3-13H,1-2H3. The van der Waals surface area contributed by atoms with Crippen LogP contribution >= 0.6 is 0 Å². The van der Waals surface area contributed by atoms with E-state index in [0.29, 0.717) is 16.5 Å². The zero-order valence-electron chi connectivity index (χ0n) is 15.8. The van der Waals surface area contributed by atoms with Crippen LogP contribution < -0.4 is 0 Å². The highest BCUT2D eigenvalue weighted by Crippen LogP contribution is 2.32. The smallest absolute Gasteiger partial charge is 0.223 e. The number of rotatable bonds is 3. The lowest BCUT2D eigenvalue weighted by atomic mass is 10.0. The first-order valence-corrected chi connectivity index (χ1v) is 10.4. The van der Waals surface area contributed by atoms with Crippen LogP contribution in [0.4, 0.5) is 8.78 Å². The molecule has 0 saturated carbocycles. The minimum Gasteiger partial charge on any atom is -0.236 e. The van der Waals surface area contributed by atoms with Gasteiger partial charge in [-0.1, -0.05) is 18.2 Å². The third kappa shape index (κ3) is 3.51. The molecule has 0 unspecified atom stereocenters. The number of nitrogens with zero attached hydrogens (tertiary/aromatic N) is 1. The molecule has 0 aliphatic rings. The van der Waals surface area contributed by atoms with Gasteiger partial charge in [0.25, 0.3) is 0 Å².